The quantitative estimate of drug-likeness (QED) is 0.482. The molecule has 0 unspecified atom stereocenters. The Hall–Kier alpha value is -1.75. The van der Waals surface area contributed by atoms with Gasteiger partial charge >= 0.3 is 0 Å². The summed E-state index contributed by atoms with van der Waals surface area (Å²) in [5.41, 5.74) is 1.14. The average molecular weight is 236 g/mol. The average Bonchev–Trinajstić information content (AvgIpc) is 2.75. The van der Waals surface area contributed by atoms with Crippen LogP contribution in [0.2, 0.25) is 0 Å². The Morgan fingerprint density at radius 2 is 2.18 bits per heavy atom. The number of nitrogens with zero attached hydrogens (tertiary/aromatic N) is 1. The lowest BCUT2D eigenvalue weighted by molar-refractivity contribution is -0.130. The molecule has 0 fully saturated rings. The normalized spacial score (nSPS) is 12.6. The largest absolute Gasteiger partial charge is 0.454 e. The summed E-state index contributed by atoms with van der Waals surface area (Å²) in [6, 6.07) is 5.84. The summed E-state index contributed by atoms with van der Waals surface area (Å²) < 4.78 is 10.5. The third kappa shape index (κ3) is 2.88. The topological polar surface area (TPSA) is 64.8 Å². The van der Waals surface area contributed by atoms with Crippen LogP contribution in [0.4, 0.5) is 0 Å². The first kappa shape index (κ1) is 11.7. The summed E-state index contributed by atoms with van der Waals surface area (Å²) >= 11 is 0. The van der Waals surface area contributed by atoms with E-state index in [2.05, 4.69) is 0 Å². The number of fused-ring (bicyclic) bond motifs is 1. The van der Waals surface area contributed by atoms with Gasteiger partial charge in [0, 0.05) is 13.5 Å². The number of nitrogens with two attached hydrogens (primary N) is 1. The smallest absolute Gasteiger partial charge is 0.236 e. The van der Waals surface area contributed by atoms with Crippen LogP contribution in [0.5, 0.6) is 11.5 Å². The number of ether oxygens (including phenoxy) is 2. The highest BCUT2D eigenvalue weighted by Gasteiger charge is 2.13. The summed E-state index contributed by atoms with van der Waals surface area (Å²) in [6.07, 6.45) is 2.07. The summed E-state index contributed by atoms with van der Waals surface area (Å²) in [6.45, 7) is 0.287. The molecule has 5 nitrogen and oxygen atoms in total. The summed E-state index contributed by atoms with van der Waals surface area (Å²) in [4.78, 5) is 11.3. The van der Waals surface area contributed by atoms with Crippen LogP contribution in [0.25, 0.3) is 0 Å². The Labute approximate surface area is 100 Å². The number of amides is 1. The molecule has 1 heterocycles. The Bertz CT molecular complexity index is 418. The molecule has 92 valence electrons. The molecule has 0 saturated heterocycles. The van der Waals surface area contributed by atoms with Crippen LogP contribution in [-0.4, -0.2) is 24.8 Å². The van der Waals surface area contributed by atoms with Crippen molar-refractivity contribution in [1.29, 1.82) is 0 Å². The van der Waals surface area contributed by atoms with Crippen molar-refractivity contribution < 1.29 is 14.3 Å². The zero-order valence-corrected chi connectivity index (χ0v) is 9.81. The minimum absolute atomic E-state index is 0.0502. The van der Waals surface area contributed by atoms with Crippen molar-refractivity contribution >= 4 is 5.91 Å². The van der Waals surface area contributed by atoms with E-state index in [0.717, 1.165) is 34.9 Å². The van der Waals surface area contributed by atoms with Gasteiger partial charge in [-0.05, 0) is 30.5 Å². The Balaban J connectivity index is 1.85. The Morgan fingerprint density at radius 3 is 2.94 bits per heavy atom. The van der Waals surface area contributed by atoms with Crippen molar-refractivity contribution in [2.75, 3.05) is 13.8 Å². The molecule has 1 amide bonds. The van der Waals surface area contributed by atoms with Gasteiger partial charge in [0.2, 0.25) is 12.7 Å². The number of carbonyl (C=O) groups excluding carboxylic acids is 1. The monoisotopic (exact) mass is 236 g/mol. The van der Waals surface area contributed by atoms with Gasteiger partial charge in [-0.1, -0.05) is 6.07 Å². The number of benzene rings is 1. The lowest BCUT2D eigenvalue weighted by atomic mass is 10.1. The van der Waals surface area contributed by atoms with Crippen molar-refractivity contribution in [3.05, 3.63) is 23.8 Å². The number of hydrogen-bond donors (Lipinski definition) is 1. The lowest BCUT2D eigenvalue weighted by Gasteiger charge is -2.09. The van der Waals surface area contributed by atoms with Gasteiger partial charge in [0.25, 0.3) is 0 Å². The van der Waals surface area contributed by atoms with E-state index in [1.807, 2.05) is 18.2 Å². The summed E-state index contributed by atoms with van der Waals surface area (Å²) in [5.74, 6) is 6.85. The van der Waals surface area contributed by atoms with E-state index in [0.29, 0.717) is 6.42 Å². The minimum atomic E-state index is -0.0502. The second-order valence-corrected chi connectivity index (χ2v) is 4.05. The highest BCUT2D eigenvalue weighted by atomic mass is 16.7. The van der Waals surface area contributed by atoms with Crippen LogP contribution < -0.4 is 15.3 Å². The predicted molar refractivity (Wildman–Crippen MR) is 62.5 cm³/mol. The third-order valence-corrected chi connectivity index (χ3v) is 2.69. The fourth-order valence-corrected chi connectivity index (χ4v) is 1.72. The fraction of sp³-hybridized carbons (Fsp3) is 0.417. The van der Waals surface area contributed by atoms with Gasteiger partial charge in [0.1, 0.15) is 0 Å². The number of rotatable bonds is 4. The van der Waals surface area contributed by atoms with Crippen molar-refractivity contribution in [1.82, 2.24) is 5.01 Å². The first-order chi connectivity index (χ1) is 8.16. The van der Waals surface area contributed by atoms with E-state index in [9.17, 15) is 4.79 Å². The third-order valence-electron chi connectivity index (χ3n) is 2.69. The molecule has 5 heteroatoms. The molecule has 2 N–H and O–H groups in total. The van der Waals surface area contributed by atoms with E-state index >= 15 is 0 Å². The Kier molecular flexibility index (Phi) is 3.49. The molecular weight excluding hydrogens is 220 g/mol. The van der Waals surface area contributed by atoms with Crippen molar-refractivity contribution in [2.45, 2.75) is 19.3 Å². The van der Waals surface area contributed by atoms with E-state index in [4.69, 9.17) is 15.3 Å². The molecular formula is C12H16N2O3. The summed E-state index contributed by atoms with van der Waals surface area (Å²) in [5, 5.41) is 1.12. The molecule has 0 aliphatic carbocycles. The highest BCUT2D eigenvalue weighted by molar-refractivity contribution is 5.75. The van der Waals surface area contributed by atoms with Gasteiger partial charge in [0.05, 0.1) is 0 Å². The zero-order valence-electron chi connectivity index (χ0n) is 9.81. The van der Waals surface area contributed by atoms with Crippen LogP contribution >= 0.6 is 0 Å². The molecule has 1 aliphatic rings. The van der Waals surface area contributed by atoms with Crippen LogP contribution in [0.15, 0.2) is 18.2 Å². The van der Waals surface area contributed by atoms with Crippen molar-refractivity contribution in [3.8, 4) is 11.5 Å². The second kappa shape index (κ2) is 5.05. The molecule has 0 aromatic heterocycles. The highest BCUT2D eigenvalue weighted by Crippen LogP contribution is 2.32. The molecule has 1 aliphatic heterocycles. The maximum Gasteiger partial charge on any atom is 0.236 e. The van der Waals surface area contributed by atoms with Crippen LogP contribution in [-0.2, 0) is 11.2 Å². The SMILES string of the molecule is CN(N)C(=O)CCCc1ccc2c(c1)OCO2. The minimum Gasteiger partial charge on any atom is -0.454 e. The zero-order chi connectivity index (χ0) is 12.3. The molecule has 17 heavy (non-hydrogen) atoms. The van der Waals surface area contributed by atoms with E-state index < -0.39 is 0 Å². The number of hydrogen-bond acceptors (Lipinski definition) is 4. The van der Waals surface area contributed by atoms with Gasteiger partial charge in [0.15, 0.2) is 11.5 Å². The van der Waals surface area contributed by atoms with Crippen LogP contribution in [0.1, 0.15) is 18.4 Å². The van der Waals surface area contributed by atoms with E-state index in [1.54, 1.807) is 7.05 Å². The van der Waals surface area contributed by atoms with Gasteiger partial charge in [-0.2, -0.15) is 0 Å². The number of hydrazine groups is 1. The number of aryl methyl sites for hydroxylation is 1. The van der Waals surface area contributed by atoms with Gasteiger partial charge in [-0.15, -0.1) is 0 Å². The molecule has 0 saturated carbocycles. The first-order valence-corrected chi connectivity index (χ1v) is 5.56. The molecule has 0 spiro atoms. The standard InChI is InChI=1S/C12H16N2O3/c1-14(13)12(15)4-2-3-9-5-6-10-11(7-9)17-8-16-10/h5-7H,2-4,8,13H2,1H3. The second-order valence-electron chi connectivity index (χ2n) is 4.05. The number of carbonyl (C=O) groups is 1. The van der Waals surface area contributed by atoms with Gasteiger partial charge in [-0.3, -0.25) is 9.80 Å². The molecule has 2 rings (SSSR count). The fourth-order valence-electron chi connectivity index (χ4n) is 1.72. The Morgan fingerprint density at radius 1 is 1.41 bits per heavy atom. The molecule has 1 aromatic rings. The maximum atomic E-state index is 11.3. The van der Waals surface area contributed by atoms with Crippen molar-refractivity contribution in [2.24, 2.45) is 5.84 Å². The molecule has 0 radical (unpaired) electrons. The van der Waals surface area contributed by atoms with Gasteiger partial charge < -0.3 is 9.47 Å². The maximum absolute atomic E-state index is 11.3. The van der Waals surface area contributed by atoms with Gasteiger partial charge in [-0.25, -0.2) is 5.84 Å². The first-order valence-electron chi connectivity index (χ1n) is 5.56. The molecule has 0 atom stereocenters. The van der Waals surface area contributed by atoms with E-state index in [-0.39, 0.29) is 12.7 Å². The van der Waals surface area contributed by atoms with E-state index in [1.165, 1.54) is 0 Å². The lowest BCUT2D eigenvalue weighted by Crippen LogP contribution is -2.32. The molecule has 1 aromatic carbocycles. The van der Waals surface area contributed by atoms with Crippen LogP contribution in [0.3, 0.4) is 0 Å². The predicted octanol–water partition coefficient (Wildman–Crippen LogP) is 1.07. The van der Waals surface area contributed by atoms with Crippen molar-refractivity contribution in [3.63, 3.8) is 0 Å². The molecule has 0 bridgehead atoms. The summed E-state index contributed by atoms with van der Waals surface area (Å²) in [7, 11) is 1.56. The van der Waals surface area contributed by atoms with Crippen LogP contribution in [0, 0.1) is 0 Å².